The number of nitrogens with one attached hydrogen (secondary N) is 1. The first kappa shape index (κ1) is 11.4. The number of rotatable bonds is 3. The summed E-state index contributed by atoms with van der Waals surface area (Å²) in [5, 5.41) is 3.32. The van der Waals surface area contributed by atoms with Gasteiger partial charge in [-0.3, -0.25) is 4.98 Å². The van der Waals surface area contributed by atoms with Gasteiger partial charge in [-0.25, -0.2) is 0 Å². The van der Waals surface area contributed by atoms with Crippen LogP contribution < -0.4 is 5.32 Å². The van der Waals surface area contributed by atoms with Gasteiger partial charge in [0.25, 0.3) is 0 Å². The Bertz CT molecular complexity index is 199. The molecule has 2 nitrogen and oxygen atoms in total. The van der Waals surface area contributed by atoms with E-state index in [0.29, 0.717) is 6.04 Å². The predicted molar refractivity (Wildman–Crippen MR) is 53.5 cm³/mol. The Morgan fingerprint density at radius 3 is 2.75 bits per heavy atom. The molecule has 0 atom stereocenters. The molecule has 1 aromatic rings. The van der Waals surface area contributed by atoms with E-state index in [0.717, 1.165) is 6.54 Å². The molecule has 0 spiro atoms. The Balaban J connectivity index is 0.00000121. The average Bonchev–Trinajstić information content (AvgIpc) is 2.03. The van der Waals surface area contributed by atoms with Crippen LogP contribution in [0.25, 0.3) is 0 Å². The largest absolute Gasteiger partial charge is 0.310 e. The second-order valence-electron chi connectivity index (χ2n) is 2.90. The van der Waals surface area contributed by atoms with Gasteiger partial charge < -0.3 is 5.32 Å². The average molecular weight is 187 g/mol. The van der Waals surface area contributed by atoms with E-state index in [1.54, 1.807) is 6.20 Å². The summed E-state index contributed by atoms with van der Waals surface area (Å²) in [5.74, 6) is 0. The molecule has 12 heavy (non-hydrogen) atoms. The molecular weight excluding hydrogens is 172 g/mol. The highest BCUT2D eigenvalue weighted by Gasteiger charge is 1.92. The molecule has 1 heterocycles. The first-order valence-corrected chi connectivity index (χ1v) is 3.91. The summed E-state index contributed by atoms with van der Waals surface area (Å²) in [4.78, 5) is 4.02. The standard InChI is InChI=1S/C9H14N2.ClH/c1-8(2)11-7-9-4-3-5-10-6-9;/h3-6,8,11H,7H2,1-2H3;1H. The maximum absolute atomic E-state index is 4.02. The number of nitrogens with zero attached hydrogens (tertiary/aromatic N) is 1. The highest BCUT2D eigenvalue weighted by Crippen LogP contribution is 1.94. The molecule has 0 unspecified atom stereocenters. The summed E-state index contributed by atoms with van der Waals surface area (Å²) in [6.07, 6.45) is 3.67. The van der Waals surface area contributed by atoms with E-state index in [9.17, 15) is 0 Å². The molecule has 0 saturated heterocycles. The van der Waals surface area contributed by atoms with Crippen LogP contribution in [0, 0.1) is 0 Å². The van der Waals surface area contributed by atoms with Gasteiger partial charge in [-0.2, -0.15) is 0 Å². The van der Waals surface area contributed by atoms with Gasteiger partial charge in [-0.05, 0) is 11.6 Å². The van der Waals surface area contributed by atoms with Crippen molar-refractivity contribution in [3.8, 4) is 0 Å². The molecule has 0 aromatic carbocycles. The molecule has 1 N–H and O–H groups in total. The van der Waals surface area contributed by atoms with Crippen molar-refractivity contribution < 1.29 is 0 Å². The van der Waals surface area contributed by atoms with Crippen molar-refractivity contribution in [1.82, 2.24) is 10.3 Å². The van der Waals surface area contributed by atoms with E-state index in [4.69, 9.17) is 0 Å². The van der Waals surface area contributed by atoms with Gasteiger partial charge in [0, 0.05) is 25.0 Å². The minimum Gasteiger partial charge on any atom is -0.310 e. The Hall–Kier alpha value is -0.600. The van der Waals surface area contributed by atoms with Crippen LogP contribution in [0.5, 0.6) is 0 Å². The van der Waals surface area contributed by atoms with Crippen LogP contribution in [0.1, 0.15) is 19.4 Å². The molecule has 1 rings (SSSR count). The van der Waals surface area contributed by atoms with E-state index < -0.39 is 0 Å². The maximum atomic E-state index is 4.02. The minimum atomic E-state index is 0. The van der Waals surface area contributed by atoms with Crippen LogP contribution in [-0.2, 0) is 6.54 Å². The quantitative estimate of drug-likeness (QED) is 0.781. The highest BCUT2D eigenvalue weighted by molar-refractivity contribution is 5.85. The van der Waals surface area contributed by atoms with Crippen molar-refractivity contribution in [3.05, 3.63) is 30.1 Å². The summed E-state index contributed by atoms with van der Waals surface area (Å²) in [5.41, 5.74) is 1.24. The topological polar surface area (TPSA) is 24.9 Å². The van der Waals surface area contributed by atoms with Gasteiger partial charge >= 0.3 is 0 Å². The Labute approximate surface area is 79.8 Å². The van der Waals surface area contributed by atoms with Gasteiger partial charge in [0.15, 0.2) is 0 Å². The molecule has 3 heteroatoms. The first-order valence-electron chi connectivity index (χ1n) is 3.91. The Morgan fingerprint density at radius 2 is 2.25 bits per heavy atom. The lowest BCUT2D eigenvalue weighted by atomic mass is 10.2. The molecule has 0 aliphatic carbocycles. The molecule has 0 amide bonds. The smallest absolute Gasteiger partial charge is 0.0312 e. The van der Waals surface area contributed by atoms with E-state index in [-0.39, 0.29) is 12.4 Å². The van der Waals surface area contributed by atoms with Gasteiger partial charge in [-0.1, -0.05) is 19.9 Å². The Morgan fingerprint density at radius 1 is 1.50 bits per heavy atom. The first-order chi connectivity index (χ1) is 5.29. The fourth-order valence-electron chi connectivity index (χ4n) is 0.825. The number of hydrogen-bond acceptors (Lipinski definition) is 2. The Kier molecular flexibility index (Phi) is 5.68. The van der Waals surface area contributed by atoms with Crippen molar-refractivity contribution >= 4 is 12.4 Å². The van der Waals surface area contributed by atoms with E-state index in [2.05, 4.69) is 30.2 Å². The van der Waals surface area contributed by atoms with Crippen molar-refractivity contribution in [2.24, 2.45) is 0 Å². The lowest BCUT2D eigenvalue weighted by molar-refractivity contribution is 0.588. The molecule has 0 aliphatic heterocycles. The van der Waals surface area contributed by atoms with Crippen LogP contribution >= 0.6 is 12.4 Å². The fourth-order valence-corrected chi connectivity index (χ4v) is 0.825. The monoisotopic (exact) mass is 186 g/mol. The van der Waals surface area contributed by atoms with E-state index in [1.807, 2.05) is 12.3 Å². The van der Waals surface area contributed by atoms with Crippen molar-refractivity contribution in [3.63, 3.8) is 0 Å². The molecular formula is C9H15ClN2. The summed E-state index contributed by atoms with van der Waals surface area (Å²) in [7, 11) is 0. The molecule has 0 aliphatic rings. The molecule has 0 saturated carbocycles. The van der Waals surface area contributed by atoms with Crippen LogP contribution in [0.2, 0.25) is 0 Å². The zero-order chi connectivity index (χ0) is 8.10. The van der Waals surface area contributed by atoms with Gasteiger partial charge in [0.05, 0.1) is 0 Å². The van der Waals surface area contributed by atoms with E-state index in [1.165, 1.54) is 5.56 Å². The molecule has 0 fully saturated rings. The van der Waals surface area contributed by atoms with Crippen molar-refractivity contribution in [2.45, 2.75) is 26.4 Å². The maximum Gasteiger partial charge on any atom is 0.0312 e. The van der Waals surface area contributed by atoms with Gasteiger partial charge in [-0.15, -0.1) is 12.4 Å². The third-order valence-electron chi connectivity index (χ3n) is 1.44. The third-order valence-corrected chi connectivity index (χ3v) is 1.44. The van der Waals surface area contributed by atoms with Crippen molar-refractivity contribution in [2.75, 3.05) is 0 Å². The SMILES string of the molecule is CC(C)NCc1cccnc1.Cl. The summed E-state index contributed by atoms with van der Waals surface area (Å²) >= 11 is 0. The zero-order valence-electron chi connectivity index (χ0n) is 7.45. The van der Waals surface area contributed by atoms with Crippen LogP contribution in [0.15, 0.2) is 24.5 Å². The predicted octanol–water partition coefficient (Wildman–Crippen LogP) is 2.00. The third kappa shape index (κ3) is 4.31. The van der Waals surface area contributed by atoms with Gasteiger partial charge in [0.1, 0.15) is 0 Å². The number of halogens is 1. The van der Waals surface area contributed by atoms with Crippen molar-refractivity contribution in [1.29, 1.82) is 0 Å². The van der Waals surface area contributed by atoms with E-state index >= 15 is 0 Å². The number of pyridine rings is 1. The molecule has 68 valence electrons. The van der Waals surface area contributed by atoms with Crippen LogP contribution in [-0.4, -0.2) is 11.0 Å². The molecule has 0 bridgehead atoms. The highest BCUT2D eigenvalue weighted by atomic mass is 35.5. The molecule has 1 aromatic heterocycles. The second kappa shape index (κ2) is 5.98. The van der Waals surface area contributed by atoms with Gasteiger partial charge in [0.2, 0.25) is 0 Å². The summed E-state index contributed by atoms with van der Waals surface area (Å²) in [6, 6.07) is 4.56. The number of aromatic nitrogens is 1. The lowest BCUT2D eigenvalue weighted by Crippen LogP contribution is -2.21. The number of hydrogen-bond donors (Lipinski definition) is 1. The molecule has 0 radical (unpaired) electrons. The van der Waals surface area contributed by atoms with Crippen LogP contribution in [0.3, 0.4) is 0 Å². The van der Waals surface area contributed by atoms with Crippen LogP contribution in [0.4, 0.5) is 0 Å². The second-order valence-corrected chi connectivity index (χ2v) is 2.90. The fraction of sp³-hybridized carbons (Fsp3) is 0.444. The minimum absolute atomic E-state index is 0. The lowest BCUT2D eigenvalue weighted by Gasteiger charge is -2.06. The normalized spacial score (nSPS) is 9.58. The summed E-state index contributed by atoms with van der Waals surface area (Å²) < 4.78 is 0. The zero-order valence-corrected chi connectivity index (χ0v) is 8.27. The summed E-state index contributed by atoms with van der Waals surface area (Å²) in [6.45, 7) is 5.18.